The fraction of sp³-hybridized carbons (Fsp3) is 0.385. The van der Waals surface area contributed by atoms with Crippen molar-refractivity contribution < 1.29 is 18.0 Å². The molecule has 0 saturated heterocycles. The Bertz CT molecular complexity index is 636. The molecule has 7 heteroatoms. The summed E-state index contributed by atoms with van der Waals surface area (Å²) in [6.07, 6.45) is 1.49. The molecule has 0 bridgehead atoms. The van der Waals surface area contributed by atoms with Gasteiger partial charge in [-0.3, -0.25) is 9.59 Å². The largest absolute Gasteiger partial charge is 0.326 e. The van der Waals surface area contributed by atoms with Gasteiger partial charge in [0, 0.05) is 11.7 Å². The number of carbonyl (C=O) groups excluding carboxylic acids is 2. The van der Waals surface area contributed by atoms with E-state index in [4.69, 9.17) is 0 Å². The number of amides is 1. The van der Waals surface area contributed by atoms with E-state index in [1.807, 2.05) is 0 Å². The first kappa shape index (κ1) is 14.7. The molecule has 0 spiro atoms. The van der Waals surface area contributed by atoms with Gasteiger partial charge >= 0.3 is 0 Å². The normalized spacial score (nSPS) is 14.8. The predicted octanol–water partition coefficient (Wildman–Crippen LogP) is 1.04. The third-order valence-electron chi connectivity index (χ3n) is 2.74. The number of benzene rings is 1. The first-order chi connectivity index (χ1) is 9.37. The van der Waals surface area contributed by atoms with Crippen molar-refractivity contribution in [3.05, 3.63) is 24.3 Å². The van der Waals surface area contributed by atoms with Crippen molar-refractivity contribution in [2.75, 3.05) is 5.32 Å². The van der Waals surface area contributed by atoms with Crippen LogP contribution >= 0.6 is 0 Å². The fourth-order valence-corrected chi connectivity index (χ4v) is 3.01. The molecule has 0 heterocycles. The minimum atomic E-state index is -3.55. The van der Waals surface area contributed by atoms with E-state index in [9.17, 15) is 18.0 Å². The smallest absolute Gasteiger partial charge is 0.240 e. The number of ketones is 1. The maximum atomic E-state index is 12.0. The Hall–Kier alpha value is -1.73. The Morgan fingerprint density at radius 2 is 2.00 bits per heavy atom. The summed E-state index contributed by atoms with van der Waals surface area (Å²) in [5.74, 6) is -0.705. The molecule has 1 aromatic rings. The van der Waals surface area contributed by atoms with Crippen molar-refractivity contribution in [1.82, 2.24) is 4.72 Å². The number of hydrogen-bond donors (Lipinski definition) is 2. The quantitative estimate of drug-likeness (QED) is 0.767. The summed E-state index contributed by atoms with van der Waals surface area (Å²) >= 11 is 0. The molecule has 0 atom stereocenters. The van der Waals surface area contributed by atoms with Crippen molar-refractivity contribution in [3.8, 4) is 0 Å². The third kappa shape index (κ3) is 4.14. The van der Waals surface area contributed by atoms with Gasteiger partial charge in [-0.2, -0.15) is 0 Å². The van der Waals surface area contributed by atoms with Crippen LogP contribution in [0.25, 0.3) is 0 Å². The van der Waals surface area contributed by atoms with Crippen LogP contribution in [0.4, 0.5) is 5.69 Å². The average Bonchev–Trinajstić information content (AvgIpc) is 3.11. The van der Waals surface area contributed by atoms with Gasteiger partial charge in [0.1, 0.15) is 5.78 Å². The summed E-state index contributed by atoms with van der Waals surface area (Å²) in [6, 6.07) is 5.99. The van der Waals surface area contributed by atoms with Crippen molar-refractivity contribution in [2.45, 2.75) is 37.1 Å². The Morgan fingerprint density at radius 3 is 2.60 bits per heavy atom. The highest BCUT2D eigenvalue weighted by Crippen LogP contribution is 2.23. The van der Waals surface area contributed by atoms with E-state index in [0.29, 0.717) is 5.69 Å². The zero-order chi connectivity index (χ0) is 14.8. The zero-order valence-electron chi connectivity index (χ0n) is 11.0. The number of nitrogens with one attached hydrogen (secondary N) is 2. The van der Waals surface area contributed by atoms with Gasteiger partial charge in [0.25, 0.3) is 0 Å². The molecule has 2 N–H and O–H groups in total. The van der Waals surface area contributed by atoms with Crippen molar-refractivity contribution in [3.63, 3.8) is 0 Å². The highest BCUT2D eigenvalue weighted by molar-refractivity contribution is 7.89. The average molecular weight is 296 g/mol. The predicted molar refractivity (Wildman–Crippen MR) is 73.7 cm³/mol. The summed E-state index contributed by atoms with van der Waals surface area (Å²) in [6.45, 7) is 1.32. The number of carbonyl (C=O) groups is 2. The molecule has 0 aromatic heterocycles. The Morgan fingerprint density at radius 1 is 1.30 bits per heavy atom. The lowest BCUT2D eigenvalue weighted by atomic mass is 10.2. The maximum Gasteiger partial charge on any atom is 0.240 e. The Kier molecular flexibility index (Phi) is 4.20. The number of Topliss-reactive ketones (excluding diaryl/α,β-unsaturated/α-hetero) is 1. The van der Waals surface area contributed by atoms with E-state index in [-0.39, 0.29) is 23.1 Å². The molecule has 1 aliphatic carbocycles. The molecule has 1 aromatic carbocycles. The van der Waals surface area contributed by atoms with Crippen LogP contribution in [0.1, 0.15) is 26.2 Å². The molecule has 0 radical (unpaired) electrons. The van der Waals surface area contributed by atoms with Gasteiger partial charge in [0.05, 0.1) is 11.3 Å². The molecule has 108 valence electrons. The molecular weight excluding hydrogens is 280 g/mol. The van der Waals surface area contributed by atoms with Crippen LogP contribution in [0.3, 0.4) is 0 Å². The van der Waals surface area contributed by atoms with Gasteiger partial charge < -0.3 is 5.32 Å². The van der Waals surface area contributed by atoms with Gasteiger partial charge in [-0.1, -0.05) is 6.07 Å². The summed E-state index contributed by atoms with van der Waals surface area (Å²) < 4.78 is 26.6. The second kappa shape index (κ2) is 5.72. The van der Waals surface area contributed by atoms with Gasteiger partial charge in [-0.25, -0.2) is 13.1 Å². The Labute approximate surface area is 117 Å². The lowest BCUT2D eigenvalue weighted by molar-refractivity contribution is -0.124. The van der Waals surface area contributed by atoms with Crippen LogP contribution in [0.5, 0.6) is 0 Å². The van der Waals surface area contributed by atoms with E-state index in [2.05, 4.69) is 10.0 Å². The monoisotopic (exact) mass is 296 g/mol. The van der Waals surface area contributed by atoms with Gasteiger partial charge in [-0.15, -0.1) is 0 Å². The first-order valence-electron chi connectivity index (χ1n) is 6.28. The number of rotatable bonds is 6. The SMILES string of the molecule is CC(=O)CC(=O)Nc1cccc(S(=O)(=O)NC2CC2)c1. The van der Waals surface area contributed by atoms with E-state index >= 15 is 0 Å². The van der Waals surface area contributed by atoms with E-state index in [0.717, 1.165) is 12.8 Å². The van der Waals surface area contributed by atoms with Crippen LogP contribution in [-0.2, 0) is 19.6 Å². The number of anilines is 1. The Balaban J connectivity index is 2.11. The van der Waals surface area contributed by atoms with Crippen molar-refractivity contribution in [2.24, 2.45) is 0 Å². The highest BCUT2D eigenvalue weighted by Gasteiger charge is 2.28. The van der Waals surface area contributed by atoms with Crippen molar-refractivity contribution >= 4 is 27.4 Å². The number of hydrogen-bond acceptors (Lipinski definition) is 4. The van der Waals surface area contributed by atoms with Gasteiger partial charge in [0.15, 0.2) is 0 Å². The van der Waals surface area contributed by atoms with Crippen LogP contribution in [0.2, 0.25) is 0 Å². The van der Waals surface area contributed by atoms with Crippen LogP contribution < -0.4 is 10.0 Å². The fourth-order valence-electron chi connectivity index (χ4n) is 1.66. The third-order valence-corrected chi connectivity index (χ3v) is 4.25. The lowest BCUT2D eigenvalue weighted by Crippen LogP contribution is -2.25. The highest BCUT2D eigenvalue weighted by atomic mass is 32.2. The minimum absolute atomic E-state index is 0.0240. The summed E-state index contributed by atoms with van der Waals surface area (Å²) in [7, 11) is -3.55. The van der Waals surface area contributed by atoms with Crippen molar-refractivity contribution in [1.29, 1.82) is 0 Å². The van der Waals surface area contributed by atoms with Crippen LogP contribution in [0, 0.1) is 0 Å². The second-order valence-electron chi connectivity index (χ2n) is 4.85. The second-order valence-corrected chi connectivity index (χ2v) is 6.56. The molecule has 1 fully saturated rings. The van der Waals surface area contributed by atoms with Crippen LogP contribution in [0.15, 0.2) is 29.2 Å². The number of sulfonamides is 1. The molecule has 6 nitrogen and oxygen atoms in total. The topological polar surface area (TPSA) is 92.3 Å². The minimum Gasteiger partial charge on any atom is -0.326 e. The maximum absolute atomic E-state index is 12.0. The summed E-state index contributed by atoms with van der Waals surface area (Å²) in [4.78, 5) is 22.4. The lowest BCUT2D eigenvalue weighted by Gasteiger charge is -2.08. The van der Waals surface area contributed by atoms with Crippen LogP contribution in [-0.4, -0.2) is 26.2 Å². The first-order valence-corrected chi connectivity index (χ1v) is 7.77. The molecule has 0 aliphatic heterocycles. The van der Waals surface area contributed by atoms with E-state index in [1.165, 1.54) is 19.1 Å². The molecular formula is C13H16N2O4S. The molecule has 2 rings (SSSR count). The molecule has 20 heavy (non-hydrogen) atoms. The molecule has 1 aliphatic rings. The summed E-state index contributed by atoms with van der Waals surface area (Å²) in [5.41, 5.74) is 0.356. The van der Waals surface area contributed by atoms with Gasteiger partial charge in [-0.05, 0) is 38.0 Å². The van der Waals surface area contributed by atoms with E-state index < -0.39 is 15.9 Å². The molecule has 1 amide bonds. The van der Waals surface area contributed by atoms with E-state index in [1.54, 1.807) is 12.1 Å². The molecule has 0 unspecified atom stereocenters. The summed E-state index contributed by atoms with van der Waals surface area (Å²) in [5, 5.41) is 2.50. The standard InChI is InChI=1S/C13H16N2O4S/c1-9(16)7-13(17)14-11-3-2-4-12(8-11)20(18,19)15-10-5-6-10/h2-4,8,10,15H,5-7H2,1H3,(H,14,17). The molecule has 1 saturated carbocycles. The van der Waals surface area contributed by atoms with Gasteiger partial charge in [0.2, 0.25) is 15.9 Å². The zero-order valence-corrected chi connectivity index (χ0v) is 11.9.